The highest BCUT2D eigenvalue weighted by Crippen LogP contribution is 2.27. The number of anilines is 2. The lowest BCUT2D eigenvalue weighted by molar-refractivity contribution is -0.119. The Labute approximate surface area is 187 Å². The van der Waals surface area contributed by atoms with E-state index in [1.165, 1.54) is 0 Å². The number of hydrogen-bond acceptors (Lipinski definition) is 4. The molecule has 31 heavy (non-hydrogen) atoms. The summed E-state index contributed by atoms with van der Waals surface area (Å²) in [5.74, 6) is -0.132. The molecule has 1 aliphatic rings. The Morgan fingerprint density at radius 2 is 1.71 bits per heavy atom. The third kappa shape index (κ3) is 5.83. The van der Waals surface area contributed by atoms with Crippen LogP contribution >= 0.6 is 11.6 Å². The minimum atomic E-state index is -0.183. The van der Waals surface area contributed by atoms with E-state index in [4.69, 9.17) is 11.6 Å². The first-order valence-corrected chi connectivity index (χ1v) is 10.5. The smallest absolute Gasteiger partial charge is 0.251 e. The molecule has 1 fully saturated rings. The molecule has 0 saturated carbocycles. The van der Waals surface area contributed by atoms with E-state index in [0.29, 0.717) is 36.6 Å². The third-order valence-corrected chi connectivity index (χ3v) is 5.49. The first kappa shape index (κ1) is 22.8. The number of nitrogens with one attached hydrogen (secondary N) is 1. The van der Waals surface area contributed by atoms with Crippen LogP contribution in [0.2, 0.25) is 5.02 Å². The summed E-state index contributed by atoms with van der Waals surface area (Å²) >= 11 is 5.85. The van der Waals surface area contributed by atoms with Crippen LogP contribution < -0.4 is 15.1 Å². The number of amides is 3. The van der Waals surface area contributed by atoms with Crippen LogP contribution in [-0.4, -0.2) is 63.4 Å². The van der Waals surface area contributed by atoms with Gasteiger partial charge in [-0.25, -0.2) is 0 Å². The summed E-state index contributed by atoms with van der Waals surface area (Å²) in [6.07, 6.45) is 0.379. The van der Waals surface area contributed by atoms with Crippen molar-refractivity contribution < 1.29 is 14.4 Å². The maximum absolute atomic E-state index is 12.5. The van der Waals surface area contributed by atoms with Crippen LogP contribution in [0.15, 0.2) is 48.5 Å². The van der Waals surface area contributed by atoms with Gasteiger partial charge in [0.15, 0.2) is 0 Å². The molecule has 2 aromatic carbocycles. The number of rotatable bonds is 7. The number of hydrogen-bond donors (Lipinski definition) is 1. The molecule has 2 aromatic rings. The lowest BCUT2D eigenvalue weighted by Crippen LogP contribution is -2.35. The Hall–Kier alpha value is -2.90. The minimum absolute atomic E-state index is 0.00788. The molecule has 0 bridgehead atoms. The molecule has 1 aliphatic heterocycles. The van der Waals surface area contributed by atoms with Gasteiger partial charge in [0, 0.05) is 54.4 Å². The van der Waals surface area contributed by atoms with Crippen LogP contribution in [0, 0.1) is 5.92 Å². The molecule has 3 amide bonds. The highest BCUT2D eigenvalue weighted by atomic mass is 35.5. The maximum atomic E-state index is 12.5. The van der Waals surface area contributed by atoms with E-state index in [-0.39, 0.29) is 23.6 Å². The van der Waals surface area contributed by atoms with Gasteiger partial charge in [-0.1, -0.05) is 11.6 Å². The Balaban J connectivity index is 1.56. The Morgan fingerprint density at radius 1 is 1.06 bits per heavy atom. The summed E-state index contributed by atoms with van der Waals surface area (Å²) in [7, 11) is 5.44. The fraction of sp³-hybridized carbons (Fsp3) is 0.348. The molecule has 8 heteroatoms. The molecule has 1 atom stereocenters. The van der Waals surface area contributed by atoms with Crippen molar-refractivity contribution in [2.45, 2.75) is 6.42 Å². The third-order valence-electron chi connectivity index (χ3n) is 5.24. The van der Waals surface area contributed by atoms with Crippen LogP contribution in [0.25, 0.3) is 0 Å². The Kier molecular flexibility index (Phi) is 7.30. The predicted octanol–water partition coefficient (Wildman–Crippen LogP) is 2.65. The molecule has 164 valence electrons. The van der Waals surface area contributed by atoms with E-state index in [2.05, 4.69) is 5.32 Å². The van der Waals surface area contributed by atoms with Gasteiger partial charge in [-0.3, -0.25) is 14.4 Å². The summed E-state index contributed by atoms with van der Waals surface area (Å²) in [6, 6.07) is 14.1. The topological polar surface area (TPSA) is 73.0 Å². The van der Waals surface area contributed by atoms with Gasteiger partial charge in [0.25, 0.3) is 5.91 Å². The van der Waals surface area contributed by atoms with Crippen LogP contribution in [-0.2, 0) is 9.59 Å². The average molecular weight is 443 g/mol. The normalized spacial score (nSPS) is 16.0. The van der Waals surface area contributed by atoms with Gasteiger partial charge in [-0.05, 0) is 62.6 Å². The maximum Gasteiger partial charge on any atom is 0.251 e. The number of nitrogens with zero attached hydrogens (tertiary/aromatic N) is 3. The number of likely N-dealkylation sites (N-methyl/N-ethyl adjacent to an activating group) is 2. The van der Waals surface area contributed by atoms with Crippen molar-refractivity contribution in [3.05, 3.63) is 59.1 Å². The van der Waals surface area contributed by atoms with E-state index in [0.717, 1.165) is 11.4 Å². The van der Waals surface area contributed by atoms with Gasteiger partial charge in [-0.15, -0.1) is 0 Å². The zero-order valence-electron chi connectivity index (χ0n) is 18.0. The molecule has 0 aliphatic carbocycles. The largest absolute Gasteiger partial charge is 0.352 e. The number of carbonyl (C=O) groups is 3. The molecule has 1 saturated heterocycles. The molecule has 1 N–H and O–H groups in total. The first-order chi connectivity index (χ1) is 14.7. The number of carbonyl (C=O) groups excluding carboxylic acids is 3. The minimum Gasteiger partial charge on any atom is -0.352 e. The molecule has 0 aromatic heterocycles. The average Bonchev–Trinajstić information content (AvgIpc) is 3.12. The quantitative estimate of drug-likeness (QED) is 0.715. The number of halogens is 1. The Morgan fingerprint density at radius 3 is 2.32 bits per heavy atom. The van der Waals surface area contributed by atoms with Crippen molar-refractivity contribution >= 4 is 40.7 Å². The summed E-state index contributed by atoms with van der Waals surface area (Å²) in [5, 5.41) is 3.47. The van der Waals surface area contributed by atoms with Gasteiger partial charge < -0.3 is 20.0 Å². The molecule has 1 unspecified atom stereocenters. The summed E-state index contributed by atoms with van der Waals surface area (Å²) in [6.45, 7) is 1.28. The fourth-order valence-electron chi connectivity index (χ4n) is 3.48. The van der Waals surface area contributed by atoms with Gasteiger partial charge in [-0.2, -0.15) is 0 Å². The van der Waals surface area contributed by atoms with Crippen LogP contribution in [0.5, 0.6) is 0 Å². The van der Waals surface area contributed by atoms with Crippen LogP contribution in [0.4, 0.5) is 11.4 Å². The highest BCUT2D eigenvalue weighted by molar-refractivity contribution is 6.30. The summed E-state index contributed by atoms with van der Waals surface area (Å²) in [4.78, 5) is 42.2. The first-order valence-electron chi connectivity index (χ1n) is 10.1. The van der Waals surface area contributed by atoms with Gasteiger partial charge in [0.05, 0.1) is 6.54 Å². The van der Waals surface area contributed by atoms with E-state index >= 15 is 0 Å². The monoisotopic (exact) mass is 442 g/mol. The van der Waals surface area contributed by atoms with Crippen molar-refractivity contribution in [1.82, 2.24) is 10.2 Å². The molecule has 0 spiro atoms. The van der Waals surface area contributed by atoms with Crippen molar-refractivity contribution in [3.63, 3.8) is 0 Å². The zero-order chi connectivity index (χ0) is 22.5. The van der Waals surface area contributed by atoms with Crippen molar-refractivity contribution in [2.75, 3.05) is 50.6 Å². The second kappa shape index (κ2) is 9.94. The van der Waals surface area contributed by atoms with E-state index in [1.54, 1.807) is 41.1 Å². The van der Waals surface area contributed by atoms with E-state index < -0.39 is 0 Å². The highest BCUT2D eigenvalue weighted by Gasteiger charge is 2.31. The lowest BCUT2D eigenvalue weighted by Gasteiger charge is -2.21. The molecular formula is C23H27ClN4O3. The van der Waals surface area contributed by atoms with Gasteiger partial charge in [0.2, 0.25) is 11.8 Å². The molecule has 7 nitrogen and oxygen atoms in total. The fourth-order valence-corrected chi connectivity index (χ4v) is 3.61. The second-order valence-corrected chi connectivity index (χ2v) is 8.43. The summed E-state index contributed by atoms with van der Waals surface area (Å²) < 4.78 is 0. The van der Waals surface area contributed by atoms with Gasteiger partial charge in [0.1, 0.15) is 0 Å². The zero-order valence-corrected chi connectivity index (χ0v) is 18.7. The predicted molar refractivity (Wildman–Crippen MR) is 123 cm³/mol. The van der Waals surface area contributed by atoms with E-state index in [1.807, 2.05) is 43.3 Å². The molecular weight excluding hydrogens is 416 g/mol. The van der Waals surface area contributed by atoms with Crippen molar-refractivity contribution in [2.24, 2.45) is 5.92 Å². The van der Waals surface area contributed by atoms with Gasteiger partial charge >= 0.3 is 0 Å². The van der Waals surface area contributed by atoms with E-state index in [9.17, 15) is 14.4 Å². The van der Waals surface area contributed by atoms with Crippen LogP contribution in [0.3, 0.4) is 0 Å². The standard InChI is InChI=1S/C23H27ClN4O3/c1-26(2)15-22(30)27(3)19-8-10-20(11-9-19)28-14-16(12-21(28)29)13-25-23(31)17-4-6-18(24)7-5-17/h4-11,16H,12-15H2,1-3H3,(H,25,31). The van der Waals surface area contributed by atoms with Crippen molar-refractivity contribution in [3.8, 4) is 0 Å². The second-order valence-electron chi connectivity index (χ2n) is 8.00. The molecule has 1 heterocycles. The number of benzene rings is 2. The molecule has 0 radical (unpaired) electrons. The Bertz CT molecular complexity index is 944. The van der Waals surface area contributed by atoms with Crippen molar-refractivity contribution in [1.29, 1.82) is 0 Å². The van der Waals surface area contributed by atoms with Crippen LogP contribution in [0.1, 0.15) is 16.8 Å². The summed E-state index contributed by atoms with van der Waals surface area (Å²) in [5.41, 5.74) is 2.09. The SMILES string of the molecule is CN(C)CC(=O)N(C)c1ccc(N2CC(CNC(=O)c3ccc(Cl)cc3)CC2=O)cc1. The lowest BCUT2D eigenvalue weighted by atomic mass is 10.1. The molecule has 3 rings (SSSR count).